The van der Waals surface area contributed by atoms with Gasteiger partial charge in [0.1, 0.15) is 5.69 Å². The Morgan fingerprint density at radius 1 is 1.28 bits per heavy atom. The number of hydrogen-bond acceptors (Lipinski definition) is 4. The topological polar surface area (TPSA) is 91.9 Å². The zero-order valence-electron chi connectivity index (χ0n) is 15.2. The molecular weight excluding hydrogens is 324 g/mol. The second-order valence-electron chi connectivity index (χ2n) is 7.10. The van der Waals surface area contributed by atoms with Crippen molar-refractivity contribution in [3.05, 3.63) is 22.5 Å². The van der Waals surface area contributed by atoms with Crippen molar-refractivity contribution in [3.63, 3.8) is 0 Å². The fourth-order valence-corrected chi connectivity index (χ4v) is 4.55. The van der Waals surface area contributed by atoms with Crippen molar-refractivity contribution in [2.75, 3.05) is 20.8 Å². The Bertz CT molecular complexity index is 698. The number of hydrogen-bond donors (Lipinski definition) is 2. The molecule has 3 atom stereocenters. The molecule has 2 heterocycles. The minimum atomic E-state index is -1.02. The molecule has 2 fully saturated rings. The van der Waals surface area contributed by atoms with E-state index in [1.54, 1.807) is 28.1 Å². The van der Waals surface area contributed by atoms with E-state index in [1.807, 2.05) is 4.90 Å². The third-order valence-corrected chi connectivity index (χ3v) is 6.00. The average molecular weight is 350 g/mol. The molecule has 1 saturated carbocycles. The standard InChI is InChI=1S/C18H26N2O5/c1-10-14(17(22)23)11(2)19-15(10)16(21)20-8-7-18(25-4)6-5-12(24-3)9-13(18)20/h12-13,19H,5-9H2,1-4H3,(H,22,23)/t12-,13-,18+/m0/s1. The molecule has 1 aromatic heterocycles. The molecule has 2 N–H and O–H groups in total. The summed E-state index contributed by atoms with van der Waals surface area (Å²) < 4.78 is 11.4. The van der Waals surface area contributed by atoms with Gasteiger partial charge in [-0.1, -0.05) is 0 Å². The van der Waals surface area contributed by atoms with Gasteiger partial charge in [0.25, 0.3) is 5.91 Å². The summed E-state index contributed by atoms with van der Waals surface area (Å²) >= 11 is 0. The largest absolute Gasteiger partial charge is 0.478 e. The van der Waals surface area contributed by atoms with Crippen LogP contribution in [0.15, 0.2) is 0 Å². The summed E-state index contributed by atoms with van der Waals surface area (Å²) in [4.78, 5) is 29.4. The highest BCUT2D eigenvalue weighted by atomic mass is 16.5. The number of H-pyrrole nitrogens is 1. The van der Waals surface area contributed by atoms with Gasteiger partial charge in [-0.05, 0) is 45.1 Å². The molecule has 1 aromatic rings. The average Bonchev–Trinajstić information content (AvgIpc) is 3.11. The van der Waals surface area contributed by atoms with Gasteiger partial charge in [-0.3, -0.25) is 4.79 Å². The minimum absolute atomic E-state index is 0.0556. The van der Waals surface area contributed by atoms with Crippen LogP contribution in [0, 0.1) is 13.8 Å². The molecule has 2 aliphatic rings. The van der Waals surface area contributed by atoms with Crippen molar-refractivity contribution in [2.45, 2.75) is 57.3 Å². The van der Waals surface area contributed by atoms with Gasteiger partial charge >= 0.3 is 5.97 Å². The fraction of sp³-hybridized carbons (Fsp3) is 0.667. The summed E-state index contributed by atoms with van der Waals surface area (Å²) in [6.45, 7) is 3.96. The Balaban J connectivity index is 1.92. The maximum absolute atomic E-state index is 13.2. The van der Waals surface area contributed by atoms with Gasteiger partial charge in [-0.15, -0.1) is 0 Å². The Labute approximate surface area is 147 Å². The van der Waals surface area contributed by atoms with Gasteiger partial charge in [-0.2, -0.15) is 0 Å². The first-order chi connectivity index (χ1) is 11.8. The molecule has 0 bridgehead atoms. The van der Waals surface area contributed by atoms with Crippen LogP contribution in [0.25, 0.3) is 0 Å². The fourth-order valence-electron chi connectivity index (χ4n) is 4.55. The van der Waals surface area contributed by atoms with Crippen LogP contribution >= 0.6 is 0 Å². The van der Waals surface area contributed by atoms with E-state index in [0.29, 0.717) is 23.5 Å². The molecule has 138 valence electrons. The Morgan fingerprint density at radius 3 is 2.56 bits per heavy atom. The van der Waals surface area contributed by atoms with Gasteiger partial charge in [0.05, 0.1) is 23.3 Å². The number of aromatic carboxylic acids is 1. The number of carbonyl (C=O) groups excluding carboxylic acids is 1. The van der Waals surface area contributed by atoms with Crippen molar-refractivity contribution in [3.8, 4) is 0 Å². The van der Waals surface area contributed by atoms with Crippen LogP contribution in [-0.4, -0.2) is 65.4 Å². The number of carbonyl (C=O) groups is 2. The van der Waals surface area contributed by atoms with Crippen LogP contribution < -0.4 is 0 Å². The van der Waals surface area contributed by atoms with Crippen LogP contribution in [0.5, 0.6) is 0 Å². The molecule has 0 radical (unpaired) electrons. The molecule has 1 aliphatic heterocycles. The van der Waals surface area contributed by atoms with Crippen LogP contribution in [0.2, 0.25) is 0 Å². The van der Waals surface area contributed by atoms with Crippen LogP contribution in [0.3, 0.4) is 0 Å². The number of nitrogens with zero attached hydrogens (tertiary/aromatic N) is 1. The molecule has 0 spiro atoms. The van der Waals surface area contributed by atoms with E-state index in [4.69, 9.17) is 9.47 Å². The van der Waals surface area contributed by atoms with E-state index >= 15 is 0 Å². The maximum atomic E-state index is 13.2. The van der Waals surface area contributed by atoms with Gasteiger partial charge in [0, 0.05) is 26.5 Å². The molecule has 1 saturated heterocycles. The van der Waals surface area contributed by atoms with E-state index in [0.717, 1.165) is 25.7 Å². The normalized spacial score (nSPS) is 28.9. The number of aryl methyl sites for hydroxylation is 1. The highest BCUT2D eigenvalue weighted by molar-refractivity contribution is 6.00. The van der Waals surface area contributed by atoms with Gasteiger partial charge < -0.3 is 24.5 Å². The van der Waals surface area contributed by atoms with Crippen molar-refractivity contribution < 1.29 is 24.2 Å². The lowest BCUT2D eigenvalue weighted by Gasteiger charge is -2.43. The minimum Gasteiger partial charge on any atom is -0.478 e. The number of methoxy groups -OCH3 is 2. The molecule has 0 unspecified atom stereocenters. The van der Waals surface area contributed by atoms with Crippen molar-refractivity contribution in [1.29, 1.82) is 0 Å². The lowest BCUT2D eigenvalue weighted by molar-refractivity contribution is -0.0894. The number of nitrogens with one attached hydrogen (secondary N) is 1. The number of ether oxygens (including phenoxy) is 2. The summed E-state index contributed by atoms with van der Waals surface area (Å²) in [7, 11) is 3.41. The first kappa shape index (κ1) is 17.9. The molecule has 0 aromatic carbocycles. The van der Waals surface area contributed by atoms with Gasteiger partial charge in [-0.25, -0.2) is 4.79 Å². The van der Waals surface area contributed by atoms with Crippen LogP contribution in [0.4, 0.5) is 0 Å². The third-order valence-electron chi connectivity index (χ3n) is 6.00. The third kappa shape index (κ3) is 2.75. The van der Waals surface area contributed by atoms with E-state index in [2.05, 4.69) is 4.98 Å². The predicted molar refractivity (Wildman–Crippen MR) is 91.1 cm³/mol. The van der Waals surface area contributed by atoms with Gasteiger partial charge in [0.2, 0.25) is 0 Å². The van der Waals surface area contributed by atoms with E-state index in [1.165, 1.54) is 0 Å². The Kier molecular flexibility index (Phi) is 4.64. The number of aromatic amines is 1. The predicted octanol–water partition coefficient (Wildman–Crippen LogP) is 2.13. The summed E-state index contributed by atoms with van der Waals surface area (Å²) in [6.07, 6.45) is 3.43. The monoisotopic (exact) mass is 350 g/mol. The first-order valence-corrected chi connectivity index (χ1v) is 8.66. The zero-order chi connectivity index (χ0) is 18.4. The van der Waals surface area contributed by atoms with Crippen molar-refractivity contribution >= 4 is 11.9 Å². The van der Waals surface area contributed by atoms with E-state index in [9.17, 15) is 14.7 Å². The number of carboxylic acid groups (broad SMARTS) is 1. The van der Waals surface area contributed by atoms with E-state index in [-0.39, 0.29) is 29.2 Å². The lowest BCUT2D eigenvalue weighted by atomic mass is 9.79. The molecule has 1 amide bonds. The number of fused-ring (bicyclic) bond motifs is 1. The molecule has 25 heavy (non-hydrogen) atoms. The van der Waals surface area contributed by atoms with Gasteiger partial charge in [0.15, 0.2) is 0 Å². The summed E-state index contributed by atoms with van der Waals surface area (Å²) in [6, 6.07) is -0.0556. The van der Waals surface area contributed by atoms with Crippen molar-refractivity contribution in [1.82, 2.24) is 9.88 Å². The second kappa shape index (κ2) is 6.46. The number of aromatic nitrogens is 1. The van der Waals surface area contributed by atoms with Crippen LogP contribution in [0.1, 0.15) is 57.8 Å². The number of amides is 1. The summed E-state index contributed by atoms with van der Waals surface area (Å²) in [5.74, 6) is -1.18. The zero-order valence-corrected chi connectivity index (χ0v) is 15.2. The first-order valence-electron chi connectivity index (χ1n) is 8.66. The number of rotatable bonds is 4. The van der Waals surface area contributed by atoms with E-state index < -0.39 is 5.97 Å². The second-order valence-corrected chi connectivity index (χ2v) is 7.10. The highest BCUT2D eigenvalue weighted by Gasteiger charge is 2.53. The molecule has 7 nitrogen and oxygen atoms in total. The molecule has 1 aliphatic carbocycles. The number of likely N-dealkylation sites (tertiary alicyclic amines) is 1. The Morgan fingerprint density at radius 2 is 2.00 bits per heavy atom. The van der Waals surface area contributed by atoms with Crippen molar-refractivity contribution in [2.24, 2.45) is 0 Å². The highest BCUT2D eigenvalue weighted by Crippen LogP contribution is 2.43. The lowest BCUT2D eigenvalue weighted by Crippen LogP contribution is -2.53. The molecule has 3 rings (SSSR count). The number of carboxylic acids is 1. The maximum Gasteiger partial charge on any atom is 0.337 e. The molecular formula is C18H26N2O5. The molecule has 7 heteroatoms. The Hall–Kier alpha value is -1.86. The smallest absolute Gasteiger partial charge is 0.337 e. The van der Waals surface area contributed by atoms with Crippen LogP contribution in [-0.2, 0) is 9.47 Å². The SMILES string of the molecule is CO[C@H]1CC[C@@]2(OC)CCN(C(=O)c3[nH]c(C)c(C(=O)O)c3C)[C@H]2C1. The summed E-state index contributed by atoms with van der Waals surface area (Å²) in [5, 5.41) is 9.36. The quantitative estimate of drug-likeness (QED) is 0.868. The summed E-state index contributed by atoms with van der Waals surface area (Å²) in [5.41, 5.74) is 1.21.